The Morgan fingerprint density at radius 1 is 1.62 bits per heavy atom. The second-order valence-electron chi connectivity index (χ2n) is 2.83. The van der Waals surface area contributed by atoms with Crippen molar-refractivity contribution >= 4 is 0 Å². The highest BCUT2D eigenvalue weighted by molar-refractivity contribution is 5.10. The van der Waals surface area contributed by atoms with Gasteiger partial charge in [0.1, 0.15) is 0 Å². The molecule has 1 aromatic rings. The molecule has 0 saturated carbocycles. The number of hydrogen-bond acceptors (Lipinski definition) is 4. The molecule has 0 bridgehead atoms. The van der Waals surface area contributed by atoms with E-state index in [1.54, 1.807) is 6.20 Å². The summed E-state index contributed by atoms with van der Waals surface area (Å²) in [6.07, 6.45) is 1.69. The molecular weight excluding hydrogens is 166 g/mol. The lowest BCUT2D eigenvalue weighted by atomic mass is 10.1. The van der Waals surface area contributed by atoms with Gasteiger partial charge in [-0.25, -0.2) is 4.98 Å². The van der Waals surface area contributed by atoms with Gasteiger partial charge in [-0.1, -0.05) is 6.92 Å². The number of nitrogens with zero attached hydrogens (tertiary/aromatic N) is 2. The molecule has 0 radical (unpaired) electrons. The Bertz CT molecular complexity index is 265. The summed E-state index contributed by atoms with van der Waals surface area (Å²) in [6.45, 7) is 5.10. The van der Waals surface area contributed by atoms with Gasteiger partial charge in [-0.2, -0.15) is 4.98 Å². The van der Waals surface area contributed by atoms with Gasteiger partial charge in [-0.05, 0) is 13.0 Å². The van der Waals surface area contributed by atoms with Crippen LogP contribution in [0.3, 0.4) is 0 Å². The van der Waals surface area contributed by atoms with Crippen molar-refractivity contribution in [3.63, 3.8) is 0 Å². The highest BCUT2D eigenvalue weighted by atomic mass is 16.5. The third-order valence-corrected chi connectivity index (χ3v) is 1.79. The first-order valence-electron chi connectivity index (χ1n) is 4.43. The third-order valence-electron chi connectivity index (χ3n) is 1.79. The van der Waals surface area contributed by atoms with Crippen LogP contribution in [0.5, 0.6) is 6.01 Å². The maximum absolute atomic E-state index is 5.53. The molecule has 0 aliphatic heterocycles. The molecule has 13 heavy (non-hydrogen) atoms. The van der Waals surface area contributed by atoms with Gasteiger partial charge < -0.3 is 10.5 Å². The van der Waals surface area contributed by atoms with E-state index >= 15 is 0 Å². The van der Waals surface area contributed by atoms with Crippen LogP contribution >= 0.6 is 0 Å². The van der Waals surface area contributed by atoms with Crippen molar-refractivity contribution < 1.29 is 4.74 Å². The Labute approximate surface area is 78.1 Å². The summed E-state index contributed by atoms with van der Waals surface area (Å²) in [5, 5.41) is 0. The Morgan fingerprint density at radius 2 is 2.38 bits per heavy atom. The van der Waals surface area contributed by atoms with Crippen LogP contribution in [0.2, 0.25) is 0 Å². The Hall–Kier alpha value is -1.16. The minimum atomic E-state index is 0.252. The van der Waals surface area contributed by atoms with E-state index in [9.17, 15) is 0 Å². The van der Waals surface area contributed by atoms with Crippen molar-refractivity contribution in [1.29, 1.82) is 0 Å². The second kappa shape index (κ2) is 4.77. The zero-order valence-electron chi connectivity index (χ0n) is 8.03. The van der Waals surface area contributed by atoms with Gasteiger partial charge in [0.25, 0.3) is 0 Å². The molecule has 72 valence electrons. The Kier molecular flexibility index (Phi) is 3.64. The molecule has 0 aliphatic carbocycles. The summed E-state index contributed by atoms with van der Waals surface area (Å²) < 4.78 is 5.18. The number of ether oxygens (including phenoxy) is 1. The lowest BCUT2D eigenvalue weighted by Gasteiger charge is -2.08. The molecule has 0 aliphatic rings. The van der Waals surface area contributed by atoms with Crippen molar-refractivity contribution in [3.8, 4) is 6.01 Å². The fourth-order valence-corrected chi connectivity index (χ4v) is 0.948. The molecule has 0 spiro atoms. The monoisotopic (exact) mass is 181 g/mol. The fourth-order valence-electron chi connectivity index (χ4n) is 0.948. The maximum atomic E-state index is 5.53. The van der Waals surface area contributed by atoms with Crippen LogP contribution in [0.1, 0.15) is 25.5 Å². The Morgan fingerprint density at radius 3 is 3.00 bits per heavy atom. The molecule has 0 saturated heterocycles. The average molecular weight is 181 g/mol. The third kappa shape index (κ3) is 2.66. The van der Waals surface area contributed by atoms with Crippen LogP contribution in [0.15, 0.2) is 12.3 Å². The molecule has 1 unspecified atom stereocenters. The van der Waals surface area contributed by atoms with Crippen LogP contribution in [0, 0.1) is 0 Å². The molecular formula is C9H15N3O. The molecule has 0 aromatic carbocycles. The number of rotatable bonds is 4. The van der Waals surface area contributed by atoms with E-state index in [1.165, 1.54) is 0 Å². The zero-order valence-corrected chi connectivity index (χ0v) is 8.03. The highest BCUT2D eigenvalue weighted by Crippen LogP contribution is 2.12. The quantitative estimate of drug-likeness (QED) is 0.750. The fraction of sp³-hybridized carbons (Fsp3) is 0.556. The molecule has 1 rings (SSSR count). The van der Waals surface area contributed by atoms with Crippen molar-refractivity contribution in [2.75, 3.05) is 13.2 Å². The molecule has 4 nitrogen and oxygen atoms in total. The predicted octanol–water partition coefficient (Wildman–Crippen LogP) is 0.938. The van der Waals surface area contributed by atoms with Crippen molar-refractivity contribution in [2.45, 2.75) is 19.8 Å². The van der Waals surface area contributed by atoms with Crippen molar-refractivity contribution in [3.05, 3.63) is 18.0 Å². The second-order valence-corrected chi connectivity index (χ2v) is 2.83. The van der Waals surface area contributed by atoms with E-state index in [0.29, 0.717) is 19.2 Å². The Balaban J connectivity index is 2.78. The van der Waals surface area contributed by atoms with Gasteiger partial charge in [-0.3, -0.25) is 0 Å². The topological polar surface area (TPSA) is 61.0 Å². The SMILES string of the molecule is CCOc1nccc(C(C)CN)n1. The first kappa shape index (κ1) is 9.92. The van der Waals surface area contributed by atoms with Gasteiger partial charge in [0.2, 0.25) is 0 Å². The van der Waals surface area contributed by atoms with Crippen LogP contribution < -0.4 is 10.5 Å². The molecule has 4 heteroatoms. The lowest BCUT2D eigenvalue weighted by Crippen LogP contribution is -2.11. The minimum Gasteiger partial charge on any atom is -0.464 e. The maximum Gasteiger partial charge on any atom is 0.316 e. The summed E-state index contributed by atoms with van der Waals surface area (Å²) in [6, 6.07) is 2.29. The van der Waals surface area contributed by atoms with Crippen LogP contribution in [-0.2, 0) is 0 Å². The van der Waals surface area contributed by atoms with Gasteiger partial charge in [-0.15, -0.1) is 0 Å². The van der Waals surface area contributed by atoms with Crippen molar-refractivity contribution in [2.24, 2.45) is 5.73 Å². The summed E-state index contributed by atoms with van der Waals surface area (Å²) in [4.78, 5) is 8.19. The van der Waals surface area contributed by atoms with E-state index in [1.807, 2.05) is 19.9 Å². The standard InChI is InChI=1S/C9H15N3O/c1-3-13-9-11-5-4-8(12-9)7(2)6-10/h4-5,7H,3,6,10H2,1-2H3. The van der Waals surface area contributed by atoms with Gasteiger partial charge in [0.15, 0.2) is 0 Å². The molecule has 1 atom stereocenters. The van der Waals surface area contributed by atoms with E-state index in [2.05, 4.69) is 9.97 Å². The summed E-state index contributed by atoms with van der Waals surface area (Å²) in [5.74, 6) is 0.252. The molecule has 0 fully saturated rings. The summed E-state index contributed by atoms with van der Waals surface area (Å²) in [5.41, 5.74) is 6.46. The van der Waals surface area contributed by atoms with Gasteiger partial charge in [0, 0.05) is 18.7 Å². The van der Waals surface area contributed by atoms with Gasteiger partial charge in [0.05, 0.1) is 12.3 Å². The summed E-state index contributed by atoms with van der Waals surface area (Å²) in [7, 11) is 0. The first-order chi connectivity index (χ1) is 6.27. The first-order valence-corrected chi connectivity index (χ1v) is 4.43. The molecule has 2 N–H and O–H groups in total. The highest BCUT2D eigenvalue weighted by Gasteiger charge is 2.06. The number of nitrogens with two attached hydrogens (primary N) is 1. The van der Waals surface area contributed by atoms with Crippen molar-refractivity contribution in [1.82, 2.24) is 9.97 Å². The van der Waals surface area contributed by atoms with E-state index in [0.717, 1.165) is 5.69 Å². The van der Waals surface area contributed by atoms with Crippen LogP contribution in [0.25, 0.3) is 0 Å². The van der Waals surface area contributed by atoms with E-state index < -0.39 is 0 Å². The number of aromatic nitrogens is 2. The predicted molar refractivity (Wildman–Crippen MR) is 50.7 cm³/mol. The smallest absolute Gasteiger partial charge is 0.316 e. The number of hydrogen-bond donors (Lipinski definition) is 1. The zero-order chi connectivity index (χ0) is 9.68. The lowest BCUT2D eigenvalue weighted by molar-refractivity contribution is 0.310. The van der Waals surface area contributed by atoms with Gasteiger partial charge >= 0.3 is 6.01 Å². The normalized spacial score (nSPS) is 12.5. The van der Waals surface area contributed by atoms with Crippen LogP contribution in [0.4, 0.5) is 0 Å². The molecule has 0 amide bonds. The van der Waals surface area contributed by atoms with Crippen LogP contribution in [-0.4, -0.2) is 23.1 Å². The molecule has 1 aromatic heterocycles. The minimum absolute atomic E-state index is 0.252. The van der Waals surface area contributed by atoms with E-state index in [-0.39, 0.29) is 5.92 Å². The molecule has 1 heterocycles. The largest absolute Gasteiger partial charge is 0.464 e. The summed E-state index contributed by atoms with van der Waals surface area (Å²) >= 11 is 0. The average Bonchev–Trinajstić information content (AvgIpc) is 2.18. The van der Waals surface area contributed by atoms with E-state index in [4.69, 9.17) is 10.5 Å².